The van der Waals surface area contributed by atoms with Crippen LogP contribution < -0.4 is 19.9 Å². The number of methoxy groups -OCH3 is 2. The molecule has 1 aromatic heterocycles. The SMILES string of the molecule is COCCCOc1cc2c(cc1OC(C)(C)C)-c1cc(=O)c(C(=O)OC)cn1N1[C@@H]2CCC1(C)C. The summed E-state index contributed by atoms with van der Waals surface area (Å²) in [4.78, 5) is 25.3. The lowest BCUT2D eigenvalue weighted by molar-refractivity contribution is 0.0598. The van der Waals surface area contributed by atoms with Gasteiger partial charge in [-0.05, 0) is 65.2 Å². The molecule has 4 rings (SSSR count). The van der Waals surface area contributed by atoms with Crippen LogP contribution in [0.2, 0.25) is 0 Å². The van der Waals surface area contributed by atoms with Crippen molar-refractivity contribution in [2.75, 3.05) is 32.4 Å². The smallest absolute Gasteiger partial charge is 0.343 e. The first-order valence-electron chi connectivity index (χ1n) is 12.1. The predicted octanol–water partition coefficient (Wildman–Crippen LogP) is 4.46. The molecule has 190 valence electrons. The molecule has 2 aliphatic rings. The maximum atomic E-state index is 12.9. The molecule has 1 fully saturated rings. The van der Waals surface area contributed by atoms with E-state index in [0.29, 0.717) is 30.4 Å². The third-order valence-electron chi connectivity index (χ3n) is 6.53. The van der Waals surface area contributed by atoms with Crippen LogP contribution in [0.25, 0.3) is 11.3 Å². The fraction of sp³-hybridized carbons (Fsp3) is 0.556. The van der Waals surface area contributed by atoms with Crippen molar-refractivity contribution in [3.8, 4) is 22.8 Å². The van der Waals surface area contributed by atoms with Crippen LogP contribution in [-0.2, 0) is 9.47 Å². The average Bonchev–Trinajstić information content (AvgIpc) is 3.10. The predicted molar refractivity (Wildman–Crippen MR) is 134 cm³/mol. The van der Waals surface area contributed by atoms with Crippen LogP contribution in [0.3, 0.4) is 0 Å². The molecule has 2 aliphatic heterocycles. The summed E-state index contributed by atoms with van der Waals surface area (Å²) in [5, 5.41) is 2.26. The average molecular weight is 485 g/mol. The highest BCUT2D eigenvalue weighted by atomic mass is 16.5. The molecule has 0 radical (unpaired) electrons. The first-order chi connectivity index (χ1) is 16.5. The van der Waals surface area contributed by atoms with E-state index in [0.717, 1.165) is 30.4 Å². The summed E-state index contributed by atoms with van der Waals surface area (Å²) < 4.78 is 24.5. The number of benzene rings is 1. The molecule has 0 saturated carbocycles. The molecule has 8 nitrogen and oxygen atoms in total. The van der Waals surface area contributed by atoms with E-state index >= 15 is 0 Å². The summed E-state index contributed by atoms with van der Waals surface area (Å²) in [7, 11) is 2.96. The third kappa shape index (κ3) is 4.76. The van der Waals surface area contributed by atoms with Crippen molar-refractivity contribution >= 4 is 5.97 Å². The Morgan fingerprint density at radius 3 is 2.51 bits per heavy atom. The van der Waals surface area contributed by atoms with Crippen molar-refractivity contribution < 1.29 is 23.7 Å². The molecule has 0 aliphatic carbocycles. The van der Waals surface area contributed by atoms with E-state index in [1.165, 1.54) is 13.2 Å². The highest BCUT2D eigenvalue weighted by Gasteiger charge is 2.45. The zero-order valence-corrected chi connectivity index (χ0v) is 21.8. The van der Waals surface area contributed by atoms with Gasteiger partial charge in [0.1, 0.15) is 11.2 Å². The van der Waals surface area contributed by atoms with Crippen molar-refractivity contribution in [1.29, 1.82) is 0 Å². The van der Waals surface area contributed by atoms with E-state index in [2.05, 4.69) is 24.9 Å². The fourth-order valence-corrected chi connectivity index (χ4v) is 5.02. The lowest BCUT2D eigenvalue weighted by Gasteiger charge is -2.44. The number of ether oxygens (including phenoxy) is 4. The first-order valence-corrected chi connectivity index (χ1v) is 12.1. The van der Waals surface area contributed by atoms with E-state index in [4.69, 9.17) is 18.9 Å². The summed E-state index contributed by atoms with van der Waals surface area (Å²) in [5.41, 5.74) is 1.73. The number of aromatic nitrogens is 1. The Bertz CT molecular complexity index is 1180. The van der Waals surface area contributed by atoms with Crippen molar-refractivity contribution in [1.82, 2.24) is 4.68 Å². The molecular weight excluding hydrogens is 448 g/mol. The Kier molecular flexibility index (Phi) is 6.62. The molecule has 2 aromatic rings. The molecule has 0 N–H and O–H groups in total. The zero-order valence-electron chi connectivity index (χ0n) is 21.8. The van der Waals surface area contributed by atoms with E-state index < -0.39 is 11.6 Å². The number of hydrogen-bond acceptors (Lipinski definition) is 7. The van der Waals surface area contributed by atoms with Crippen LogP contribution in [0.1, 0.15) is 75.8 Å². The molecule has 1 saturated heterocycles. The molecule has 0 spiro atoms. The molecular formula is C27H36N2O6. The molecule has 1 atom stereocenters. The minimum absolute atomic E-state index is 0.0189. The molecule has 3 heterocycles. The maximum absolute atomic E-state index is 12.9. The first kappa shape index (κ1) is 25.1. The van der Waals surface area contributed by atoms with Gasteiger partial charge in [0, 0.05) is 38.0 Å². The summed E-state index contributed by atoms with van der Waals surface area (Å²) in [6.07, 6.45) is 4.27. The number of hydrogen-bond donors (Lipinski definition) is 0. The van der Waals surface area contributed by atoms with Gasteiger partial charge in [0.25, 0.3) is 0 Å². The van der Waals surface area contributed by atoms with Gasteiger partial charge in [-0.3, -0.25) is 14.5 Å². The van der Waals surface area contributed by atoms with Crippen molar-refractivity contribution in [3.05, 3.63) is 45.7 Å². The highest BCUT2D eigenvalue weighted by Crippen LogP contribution is 2.50. The molecule has 35 heavy (non-hydrogen) atoms. The quantitative estimate of drug-likeness (QED) is 0.424. The minimum Gasteiger partial charge on any atom is -0.490 e. The Hall–Kier alpha value is -3.00. The van der Waals surface area contributed by atoms with E-state index in [1.807, 2.05) is 31.5 Å². The Labute approximate surface area is 206 Å². The topological polar surface area (TPSA) is 79.2 Å². The summed E-state index contributed by atoms with van der Waals surface area (Å²) in [6, 6.07) is 5.61. The summed E-state index contributed by atoms with van der Waals surface area (Å²) in [5.74, 6) is 0.665. The van der Waals surface area contributed by atoms with Gasteiger partial charge in [0.2, 0.25) is 0 Å². The minimum atomic E-state index is -0.638. The largest absolute Gasteiger partial charge is 0.490 e. The van der Waals surface area contributed by atoms with Crippen LogP contribution >= 0.6 is 0 Å². The van der Waals surface area contributed by atoms with Crippen molar-refractivity contribution in [2.24, 2.45) is 0 Å². The molecule has 0 bridgehead atoms. The number of rotatable bonds is 7. The van der Waals surface area contributed by atoms with Crippen LogP contribution in [-0.4, -0.2) is 49.2 Å². The fourth-order valence-electron chi connectivity index (χ4n) is 5.02. The van der Waals surface area contributed by atoms with Gasteiger partial charge in [0.15, 0.2) is 16.9 Å². The monoisotopic (exact) mass is 484 g/mol. The zero-order chi connectivity index (χ0) is 25.5. The highest BCUT2D eigenvalue weighted by molar-refractivity contribution is 5.89. The summed E-state index contributed by atoms with van der Waals surface area (Å²) >= 11 is 0. The second-order valence-electron chi connectivity index (χ2n) is 10.8. The number of fused-ring (bicyclic) bond motifs is 6. The van der Waals surface area contributed by atoms with E-state index in [-0.39, 0.29) is 22.6 Å². The molecule has 1 aromatic carbocycles. The molecule has 8 heteroatoms. The summed E-state index contributed by atoms with van der Waals surface area (Å²) in [6.45, 7) is 11.4. The van der Waals surface area contributed by atoms with Crippen molar-refractivity contribution in [2.45, 2.75) is 71.1 Å². The van der Waals surface area contributed by atoms with Gasteiger partial charge in [-0.1, -0.05) is 0 Å². The lowest BCUT2D eigenvalue weighted by Crippen LogP contribution is -2.50. The Balaban J connectivity index is 1.91. The normalized spacial score (nSPS) is 17.9. The van der Waals surface area contributed by atoms with E-state index in [1.54, 1.807) is 13.3 Å². The number of carbonyl (C=O) groups excluding carboxylic acids is 1. The number of pyridine rings is 1. The van der Waals surface area contributed by atoms with Gasteiger partial charge >= 0.3 is 5.97 Å². The van der Waals surface area contributed by atoms with Gasteiger partial charge in [-0.2, -0.15) is 0 Å². The maximum Gasteiger partial charge on any atom is 0.343 e. The number of carbonyl (C=O) groups is 1. The Morgan fingerprint density at radius 2 is 1.86 bits per heavy atom. The van der Waals surface area contributed by atoms with Crippen molar-refractivity contribution in [3.63, 3.8) is 0 Å². The van der Waals surface area contributed by atoms with Gasteiger partial charge in [0.05, 0.1) is 31.0 Å². The van der Waals surface area contributed by atoms with Gasteiger partial charge < -0.3 is 18.9 Å². The van der Waals surface area contributed by atoms with Crippen LogP contribution in [0, 0.1) is 0 Å². The number of nitrogens with zero attached hydrogens (tertiary/aromatic N) is 2. The molecule has 0 unspecified atom stereocenters. The Morgan fingerprint density at radius 1 is 1.11 bits per heavy atom. The second kappa shape index (κ2) is 9.22. The number of esters is 1. The second-order valence-corrected chi connectivity index (χ2v) is 10.8. The van der Waals surface area contributed by atoms with Gasteiger partial charge in [-0.15, -0.1) is 0 Å². The van der Waals surface area contributed by atoms with Gasteiger partial charge in [-0.25, -0.2) is 4.79 Å². The standard InChI is InChI=1S/C27H36N2O6/c1-26(2,3)35-24-14-18-17(13-23(24)34-12-8-11-32-6)20-9-10-27(4,5)29(20)28-16-19(25(31)33-7)22(30)15-21(18)28/h13-16,20H,8-12H2,1-7H3/t20-/m1/s1. The molecule has 0 amide bonds. The van der Waals surface area contributed by atoms with Crippen LogP contribution in [0.4, 0.5) is 0 Å². The third-order valence-corrected chi connectivity index (χ3v) is 6.53. The van der Waals surface area contributed by atoms with E-state index in [9.17, 15) is 9.59 Å². The lowest BCUT2D eigenvalue weighted by atomic mass is 9.93. The van der Waals surface area contributed by atoms with Crippen LogP contribution in [0.5, 0.6) is 11.5 Å². The van der Waals surface area contributed by atoms with Crippen LogP contribution in [0.15, 0.2) is 29.2 Å².